The number of aryl methyl sites for hydroxylation is 1. The molecule has 1 aromatic heterocycles. The second-order valence-electron chi connectivity index (χ2n) is 6.93. The Morgan fingerprint density at radius 3 is 2.40 bits per heavy atom. The molecule has 1 aliphatic heterocycles. The average Bonchev–Trinajstić information content (AvgIpc) is 2.93. The maximum atomic E-state index is 13.0. The van der Waals surface area contributed by atoms with Crippen molar-refractivity contribution in [2.75, 3.05) is 26.2 Å². The second-order valence-corrected chi connectivity index (χ2v) is 8.76. The van der Waals surface area contributed by atoms with Crippen LogP contribution in [0.3, 0.4) is 0 Å². The highest BCUT2D eigenvalue weighted by molar-refractivity contribution is 7.73. The minimum Gasteiger partial charge on any atom is -0.339 e. The molecule has 134 valence electrons. The van der Waals surface area contributed by atoms with Crippen LogP contribution in [0.2, 0.25) is 0 Å². The normalized spacial score (nSPS) is 16.2. The number of rotatable bonds is 4. The first-order chi connectivity index (χ1) is 11.9. The molecule has 7 heteroatoms. The minimum atomic E-state index is -0.502. The van der Waals surface area contributed by atoms with Gasteiger partial charge in [0.1, 0.15) is 5.01 Å². The molecular formula is C18H24N4OS2. The van der Waals surface area contributed by atoms with Crippen LogP contribution in [-0.2, 0) is 16.9 Å². The summed E-state index contributed by atoms with van der Waals surface area (Å²) in [6, 6.07) is 10.0. The van der Waals surface area contributed by atoms with E-state index in [4.69, 9.17) is 12.2 Å². The zero-order valence-corrected chi connectivity index (χ0v) is 16.6. The van der Waals surface area contributed by atoms with Crippen molar-refractivity contribution in [1.82, 2.24) is 19.6 Å². The summed E-state index contributed by atoms with van der Waals surface area (Å²) in [6.45, 7) is 9.86. The third-order valence-corrected chi connectivity index (χ3v) is 5.95. The van der Waals surface area contributed by atoms with E-state index in [-0.39, 0.29) is 5.91 Å². The first-order valence-corrected chi connectivity index (χ1v) is 9.72. The van der Waals surface area contributed by atoms with Gasteiger partial charge in [0.05, 0.1) is 12.1 Å². The van der Waals surface area contributed by atoms with E-state index in [0.717, 1.165) is 40.7 Å². The molecule has 3 rings (SSSR count). The van der Waals surface area contributed by atoms with Crippen LogP contribution in [0.15, 0.2) is 30.3 Å². The number of benzene rings is 1. The first kappa shape index (κ1) is 18.2. The lowest BCUT2D eigenvalue weighted by molar-refractivity contribution is -0.138. The molecule has 0 unspecified atom stereocenters. The molecule has 0 aliphatic carbocycles. The predicted octanol–water partition coefficient (Wildman–Crippen LogP) is 3.06. The monoisotopic (exact) mass is 376 g/mol. The Morgan fingerprint density at radius 1 is 1.20 bits per heavy atom. The number of hydrogen-bond acceptors (Lipinski definition) is 5. The average molecular weight is 377 g/mol. The highest BCUT2D eigenvalue weighted by Gasteiger charge is 2.35. The number of carbonyl (C=O) groups excluding carboxylic acids is 1. The van der Waals surface area contributed by atoms with Gasteiger partial charge < -0.3 is 4.90 Å². The van der Waals surface area contributed by atoms with Gasteiger partial charge >= 0.3 is 0 Å². The molecule has 1 aliphatic rings. The largest absolute Gasteiger partial charge is 0.339 e. The maximum absolute atomic E-state index is 13.0. The van der Waals surface area contributed by atoms with Crippen LogP contribution in [0.4, 0.5) is 0 Å². The second kappa shape index (κ2) is 7.35. The van der Waals surface area contributed by atoms with Gasteiger partial charge in [0.25, 0.3) is 0 Å². The highest BCUT2D eigenvalue weighted by Crippen LogP contribution is 2.26. The number of piperazine rings is 1. The number of nitrogens with zero attached hydrogens (tertiary/aromatic N) is 4. The van der Waals surface area contributed by atoms with Crippen molar-refractivity contribution < 1.29 is 4.79 Å². The predicted molar refractivity (Wildman–Crippen MR) is 103 cm³/mol. The molecule has 0 spiro atoms. The molecule has 0 N–H and O–H groups in total. The summed E-state index contributed by atoms with van der Waals surface area (Å²) in [5.74, 6) is 0.194. The Hall–Kier alpha value is -1.57. The third kappa shape index (κ3) is 3.99. The summed E-state index contributed by atoms with van der Waals surface area (Å²) in [6.07, 6.45) is 0. The summed E-state index contributed by atoms with van der Waals surface area (Å²) in [5.41, 5.74) is 0.560. The molecule has 0 saturated carbocycles. The number of carbonyl (C=O) groups is 1. The molecule has 0 atom stereocenters. The molecule has 5 nitrogen and oxygen atoms in total. The quantitative estimate of drug-likeness (QED) is 0.769. The molecule has 2 aromatic rings. The lowest BCUT2D eigenvalue weighted by Gasteiger charge is -2.38. The molecule has 1 saturated heterocycles. The molecule has 1 amide bonds. The minimum absolute atomic E-state index is 0.194. The topological polar surface area (TPSA) is 41.4 Å². The van der Waals surface area contributed by atoms with Crippen LogP contribution >= 0.6 is 23.6 Å². The van der Waals surface area contributed by atoms with E-state index in [2.05, 4.69) is 10.00 Å². The number of hydrogen-bond donors (Lipinski definition) is 0. The summed E-state index contributed by atoms with van der Waals surface area (Å²) in [5, 5.41) is 5.44. The Balaban J connectivity index is 1.61. The van der Waals surface area contributed by atoms with Gasteiger partial charge in [0, 0.05) is 26.2 Å². The Kier molecular flexibility index (Phi) is 5.36. The smallest absolute Gasteiger partial charge is 0.232 e. The Labute approximate surface area is 157 Å². The van der Waals surface area contributed by atoms with Crippen molar-refractivity contribution in [1.29, 1.82) is 0 Å². The summed E-state index contributed by atoms with van der Waals surface area (Å²) in [4.78, 5) is 17.3. The van der Waals surface area contributed by atoms with Crippen molar-refractivity contribution in [2.45, 2.75) is 32.9 Å². The summed E-state index contributed by atoms with van der Waals surface area (Å²) < 4.78 is 2.68. The van der Waals surface area contributed by atoms with E-state index in [1.165, 1.54) is 11.3 Å². The lowest BCUT2D eigenvalue weighted by atomic mass is 9.83. The van der Waals surface area contributed by atoms with E-state index in [1.807, 2.05) is 60.7 Å². The zero-order chi connectivity index (χ0) is 18.0. The Morgan fingerprint density at radius 2 is 1.84 bits per heavy atom. The number of amides is 1. The van der Waals surface area contributed by atoms with E-state index < -0.39 is 5.41 Å². The van der Waals surface area contributed by atoms with Crippen molar-refractivity contribution in [3.8, 4) is 0 Å². The molecule has 1 fully saturated rings. The molecule has 0 radical (unpaired) electrons. The van der Waals surface area contributed by atoms with Gasteiger partial charge in [-0.1, -0.05) is 41.7 Å². The van der Waals surface area contributed by atoms with Crippen LogP contribution in [0.25, 0.3) is 0 Å². The van der Waals surface area contributed by atoms with Gasteiger partial charge in [-0.15, -0.1) is 0 Å². The molecular weight excluding hydrogens is 352 g/mol. The first-order valence-electron chi connectivity index (χ1n) is 8.50. The fourth-order valence-electron chi connectivity index (χ4n) is 3.16. The van der Waals surface area contributed by atoms with Crippen LogP contribution in [0, 0.1) is 10.9 Å². The molecule has 25 heavy (non-hydrogen) atoms. The maximum Gasteiger partial charge on any atom is 0.232 e. The van der Waals surface area contributed by atoms with Crippen LogP contribution in [0.1, 0.15) is 24.4 Å². The highest BCUT2D eigenvalue weighted by atomic mass is 32.1. The standard InChI is InChI=1S/C18H24N4OS2/c1-14-19-22(17(24)25-14)13-20-9-11-21(12-10-20)16(23)18(2,3)15-7-5-4-6-8-15/h4-8H,9-13H2,1-3H3. The van der Waals surface area contributed by atoms with Gasteiger partial charge in [-0.25, -0.2) is 4.68 Å². The Bertz CT molecular complexity index is 789. The summed E-state index contributed by atoms with van der Waals surface area (Å²) in [7, 11) is 0. The fourth-order valence-corrected chi connectivity index (χ4v) is 4.21. The molecule has 0 bridgehead atoms. The van der Waals surface area contributed by atoms with E-state index in [9.17, 15) is 4.79 Å². The van der Waals surface area contributed by atoms with Crippen molar-refractivity contribution in [2.24, 2.45) is 0 Å². The van der Waals surface area contributed by atoms with E-state index >= 15 is 0 Å². The van der Waals surface area contributed by atoms with Gasteiger partial charge in [0.2, 0.25) is 5.91 Å². The SMILES string of the molecule is Cc1nn(CN2CCN(C(=O)C(C)(C)c3ccccc3)CC2)c(=S)s1. The van der Waals surface area contributed by atoms with Gasteiger partial charge in [0.15, 0.2) is 3.95 Å². The third-order valence-electron chi connectivity index (χ3n) is 4.73. The van der Waals surface area contributed by atoms with Crippen molar-refractivity contribution >= 4 is 29.5 Å². The van der Waals surface area contributed by atoms with Crippen LogP contribution < -0.4 is 0 Å². The zero-order valence-electron chi connectivity index (χ0n) is 14.9. The van der Waals surface area contributed by atoms with E-state index in [0.29, 0.717) is 6.67 Å². The fraction of sp³-hybridized carbons (Fsp3) is 0.500. The molecule has 1 aromatic carbocycles. The number of aromatic nitrogens is 2. The van der Waals surface area contributed by atoms with Crippen LogP contribution in [-0.4, -0.2) is 51.7 Å². The van der Waals surface area contributed by atoms with E-state index in [1.54, 1.807) is 0 Å². The van der Waals surface area contributed by atoms with Crippen LogP contribution in [0.5, 0.6) is 0 Å². The van der Waals surface area contributed by atoms with Crippen molar-refractivity contribution in [3.05, 3.63) is 44.9 Å². The van der Waals surface area contributed by atoms with Gasteiger partial charge in [-0.05, 0) is 38.6 Å². The lowest BCUT2D eigenvalue weighted by Crippen LogP contribution is -2.53. The van der Waals surface area contributed by atoms with Gasteiger partial charge in [-0.3, -0.25) is 9.69 Å². The molecule has 2 heterocycles. The van der Waals surface area contributed by atoms with Gasteiger partial charge in [-0.2, -0.15) is 5.10 Å². The van der Waals surface area contributed by atoms with Crippen molar-refractivity contribution in [3.63, 3.8) is 0 Å². The summed E-state index contributed by atoms with van der Waals surface area (Å²) >= 11 is 6.88.